The van der Waals surface area contributed by atoms with Gasteiger partial charge in [0.25, 0.3) is 0 Å². The first-order chi connectivity index (χ1) is 7.19. The Kier molecular flexibility index (Phi) is 2.15. The number of hydrogen-bond acceptors (Lipinski definition) is 5. The summed E-state index contributed by atoms with van der Waals surface area (Å²) in [5, 5.41) is 9.76. The predicted molar refractivity (Wildman–Crippen MR) is 51.0 cm³/mol. The molecule has 1 aromatic rings. The Balaban J connectivity index is 2.67. The Labute approximate surface area is 86.2 Å². The van der Waals surface area contributed by atoms with E-state index in [1.165, 1.54) is 20.3 Å². The van der Waals surface area contributed by atoms with Crippen molar-refractivity contribution in [2.24, 2.45) is 0 Å². The van der Waals surface area contributed by atoms with Crippen LogP contribution in [0.5, 0.6) is 23.0 Å². The third kappa shape index (κ3) is 1.27. The molecule has 0 atom stereocenters. The van der Waals surface area contributed by atoms with Crippen LogP contribution in [0.1, 0.15) is 10.4 Å². The van der Waals surface area contributed by atoms with Gasteiger partial charge in [-0.25, -0.2) is 0 Å². The van der Waals surface area contributed by atoms with E-state index in [1.807, 2.05) is 0 Å². The number of carbonyl (C=O) groups excluding carboxylic acids is 1. The smallest absolute Gasteiger partial charge is 0.207 e. The largest absolute Gasteiger partial charge is 0.502 e. The van der Waals surface area contributed by atoms with E-state index in [4.69, 9.17) is 14.2 Å². The number of phenolic OH excluding ortho intramolecular Hbond substituents is 1. The highest BCUT2D eigenvalue weighted by atomic mass is 16.5. The number of fused-ring (bicyclic) bond motifs is 1. The van der Waals surface area contributed by atoms with Crippen molar-refractivity contribution in [3.8, 4) is 23.0 Å². The summed E-state index contributed by atoms with van der Waals surface area (Å²) in [6, 6.07) is 1.50. The molecule has 0 unspecified atom stereocenters. The van der Waals surface area contributed by atoms with E-state index in [-0.39, 0.29) is 29.6 Å². The van der Waals surface area contributed by atoms with Crippen LogP contribution in [0.3, 0.4) is 0 Å². The van der Waals surface area contributed by atoms with Crippen LogP contribution in [0, 0.1) is 0 Å². The van der Waals surface area contributed by atoms with Crippen molar-refractivity contribution in [2.75, 3.05) is 20.8 Å². The van der Waals surface area contributed by atoms with Crippen molar-refractivity contribution in [3.63, 3.8) is 0 Å². The van der Waals surface area contributed by atoms with Crippen molar-refractivity contribution in [2.45, 2.75) is 0 Å². The van der Waals surface area contributed by atoms with Gasteiger partial charge in [-0.1, -0.05) is 0 Å². The lowest BCUT2D eigenvalue weighted by Crippen LogP contribution is -1.99. The summed E-state index contributed by atoms with van der Waals surface area (Å²) in [5.41, 5.74) is 0.324. The molecule has 1 aliphatic heterocycles. The van der Waals surface area contributed by atoms with Crippen molar-refractivity contribution < 1.29 is 24.1 Å². The summed E-state index contributed by atoms with van der Waals surface area (Å²) in [5.74, 6) is 0.273. The van der Waals surface area contributed by atoms with Crippen LogP contribution in [0.2, 0.25) is 0 Å². The van der Waals surface area contributed by atoms with E-state index in [0.717, 1.165) is 0 Å². The number of ketones is 1. The first-order valence-corrected chi connectivity index (χ1v) is 4.33. The molecule has 80 valence electrons. The van der Waals surface area contributed by atoms with Gasteiger partial charge in [-0.05, 0) is 6.07 Å². The van der Waals surface area contributed by atoms with Crippen LogP contribution in [0.4, 0.5) is 0 Å². The minimum atomic E-state index is -0.197. The summed E-state index contributed by atoms with van der Waals surface area (Å²) < 4.78 is 15.0. The molecule has 0 aliphatic carbocycles. The highest BCUT2D eigenvalue weighted by Crippen LogP contribution is 2.47. The molecule has 0 fully saturated rings. The van der Waals surface area contributed by atoms with Crippen molar-refractivity contribution >= 4 is 5.78 Å². The number of carbonyl (C=O) groups is 1. The second-order valence-corrected chi connectivity index (χ2v) is 3.05. The lowest BCUT2D eigenvalue weighted by atomic mass is 10.1. The molecule has 0 spiro atoms. The lowest BCUT2D eigenvalue weighted by molar-refractivity contribution is 0.0960. The maximum absolute atomic E-state index is 11.4. The number of methoxy groups -OCH3 is 2. The van der Waals surface area contributed by atoms with E-state index in [9.17, 15) is 9.90 Å². The monoisotopic (exact) mass is 210 g/mol. The molecule has 1 aliphatic rings. The molecular formula is C10H10O5. The molecule has 0 saturated heterocycles. The van der Waals surface area contributed by atoms with Crippen LogP contribution in [0.25, 0.3) is 0 Å². The summed E-state index contributed by atoms with van der Waals surface area (Å²) in [6.07, 6.45) is 0. The third-order valence-corrected chi connectivity index (χ3v) is 2.25. The van der Waals surface area contributed by atoms with Gasteiger partial charge >= 0.3 is 0 Å². The summed E-state index contributed by atoms with van der Waals surface area (Å²) in [4.78, 5) is 11.4. The van der Waals surface area contributed by atoms with E-state index >= 15 is 0 Å². The minimum Gasteiger partial charge on any atom is -0.502 e. The first kappa shape index (κ1) is 9.64. The number of ether oxygens (including phenoxy) is 3. The molecule has 0 radical (unpaired) electrons. The highest BCUT2D eigenvalue weighted by Gasteiger charge is 2.29. The van der Waals surface area contributed by atoms with Gasteiger partial charge < -0.3 is 19.3 Å². The molecule has 0 aromatic heterocycles. The molecule has 5 heteroatoms. The Morgan fingerprint density at radius 3 is 2.73 bits per heavy atom. The third-order valence-electron chi connectivity index (χ3n) is 2.25. The molecule has 5 nitrogen and oxygen atoms in total. The van der Waals surface area contributed by atoms with Crippen molar-refractivity contribution in [3.05, 3.63) is 11.6 Å². The molecule has 1 N–H and O–H groups in total. The van der Waals surface area contributed by atoms with E-state index in [0.29, 0.717) is 11.3 Å². The number of Topliss-reactive ketones (excluding diaryl/α,β-unsaturated/α-hetero) is 1. The maximum Gasteiger partial charge on any atom is 0.207 e. The number of benzene rings is 1. The molecule has 2 rings (SSSR count). The normalized spacial score (nSPS) is 13.3. The Hall–Kier alpha value is -1.91. The van der Waals surface area contributed by atoms with E-state index in [2.05, 4.69) is 0 Å². The fraction of sp³-hybridized carbons (Fsp3) is 0.300. The average Bonchev–Trinajstić information content (AvgIpc) is 2.60. The molecule has 1 heterocycles. The standard InChI is InChI=1S/C10H10O5/c1-13-7-3-5-6(11)4-15-9(5)8(12)10(7)14-2/h3,12H,4H2,1-2H3. The Bertz CT molecular complexity index is 424. The van der Waals surface area contributed by atoms with Gasteiger partial charge in [-0.15, -0.1) is 0 Å². The zero-order chi connectivity index (χ0) is 11.0. The molecule has 0 bridgehead atoms. The molecular weight excluding hydrogens is 200 g/mol. The van der Waals surface area contributed by atoms with Gasteiger partial charge in [0.05, 0.1) is 19.8 Å². The van der Waals surface area contributed by atoms with Gasteiger partial charge in [-0.2, -0.15) is 0 Å². The fourth-order valence-corrected chi connectivity index (χ4v) is 1.53. The molecule has 0 saturated carbocycles. The zero-order valence-electron chi connectivity index (χ0n) is 8.36. The molecule has 0 amide bonds. The summed E-state index contributed by atoms with van der Waals surface area (Å²) in [6.45, 7) is -0.0563. The van der Waals surface area contributed by atoms with Gasteiger partial charge in [0.2, 0.25) is 17.3 Å². The van der Waals surface area contributed by atoms with Crippen LogP contribution < -0.4 is 14.2 Å². The Morgan fingerprint density at radius 1 is 1.40 bits per heavy atom. The first-order valence-electron chi connectivity index (χ1n) is 4.33. The van der Waals surface area contributed by atoms with Gasteiger partial charge in [0, 0.05) is 0 Å². The van der Waals surface area contributed by atoms with Gasteiger partial charge in [-0.3, -0.25) is 4.79 Å². The highest BCUT2D eigenvalue weighted by molar-refractivity contribution is 6.04. The molecule has 15 heavy (non-hydrogen) atoms. The SMILES string of the molecule is COc1cc2c(c(O)c1OC)OCC2=O. The lowest BCUT2D eigenvalue weighted by Gasteiger charge is -2.11. The topological polar surface area (TPSA) is 65.0 Å². The van der Waals surface area contributed by atoms with Crippen LogP contribution in [0.15, 0.2) is 6.07 Å². The van der Waals surface area contributed by atoms with Crippen LogP contribution >= 0.6 is 0 Å². The van der Waals surface area contributed by atoms with Crippen molar-refractivity contribution in [1.29, 1.82) is 0 Å². The van der Waals surface area contributed by atoms with E-state index < -0.39 is 0 Å². The molecule has 1 aromatic carbocycles. The number of hydrogen-bond donors (Lipinski definition) is 1. The predicted octanol–water partition coefficient (Wildman–Crippen LogP) is 0.984. The van der Waals surface area contributed by atoms with Crippen LogP contribution in [-0.2, 0) is 0 Å². The van der Waals surface area contributed by atoms with Crippen LogP contribution in [-0.4, -0.2) is 31.7 Å². The minimum absolute atomic E-state index is 0.0563. The summed E-state index contributed by atoms with van der Waals surface area (Å²) in [7, 11) is 2.84. The second kappa shape index (κ2) is 3.34. The maximum atomic E-state index is 11.4. The fourth-order valence-electron chi connectivity index (χ4n) is 1.53. The Morgan fingerprint density at radius 2 is 2.13 bits per heavy atom. The van der Waals surface area contributed by atoms with Crippen molar-refractivity contribution in [1.82, 2.24) is 0 Å². The quantitative estimate of drug-likeness (QED) is 0.788. The zero-order valence-corrected chi connectivity index (χ0v) is 8.36. The average molecular weight is 210 g/mol. The summed E-state index contributed by atoms with van der Waals surface area (Å²) >= 11 is 0. The number of phenols is 1. The number of rotatable bonds is 2. The number of aromatic hydroxyl groups is 1. The van der Waals surface area contributed by atoms with Gasteiger partial charge in [0.1, 0.15) is 0 Å². The second-order valence-electron chi connectivity index (χ2n) is 3.05. The van der Waals surface area contributed by atoms with E-state index in [1.54, 1.807) is 0 Å². The van der Waals surface area contributed by atoms with Gasteiger partial charge in [0.15, 0.2) is 18.1 Å².